The molecule has 0 heterocycles. The van der Waals surface area contributed by atoms with Crippen molar-refractivity contribution < 1.29 is 19.5 Å². The molecule has 3 N–H and O–H groups in total. The van der Waals surface area contributed by atoms with Gasteiger partial charge in [-0.05, 0) is 37.1 Å². The van der Waals surface area contributed by atoms with Gasteiger partial charge in [0.1, 0.15) is 6.04 Å². The van der Waals surface area contributed by atoms with Gasteiger partial charge in [0.05, 0.1) is 12.1 Å². The van der Waals surface area contributed by atoms with Crippen LogP contribution in [0, 0.1) is 16.7 Å². The van der Waals surface area contributed by atoms with Gasteiger partial charge in [-0.15, -0.1) is 0 Å². The Labute approximate surface area is 201 Å². The van der Waals surface area contributed by atoms with E-state index in [0.29, 0.717) is 0 Å². The Kier molecular flexibility index (Phi) is 12.4. The van der Waals surface area contributed by atoms with E-state index in [1.165, 1.54) is 6.92 Å². The van der Waals surface area contributed by atoms with E-state index < -0.39 is 29.5 Å². The number of carboxylic acids is 1. The SMILES string of the molecule is CCCCCC(C)(C)[C@H](NC)C(=O)N[C@H](C(=O)N(C)[C@H](C=C(C)C(=O)O)C(C)C)C(C)(C)C. The van der Waals surface area contributed by atoms with Crippen molar-refractivity contribution in [2.75, 3.05) is 14.1 Å². The van der Waals surface area contributed by atoms with Crippen LogP contribution in [0.1, 0.15) is 88.0 Å². The molecule has 0 spiro atoms. The van der Waals surface area contributed by atoms with E-state index in [9.17, 15) is 19.5 Å². The molecule has 192 valence electrons. The van der Waals surface area contributed by atoms with Gasteiger partial charge < -0.3 is 20.6 Å². The fourth-order valence-electron chi connectivity index (χ4n) is 4.16. The summed E-state index contributed by atoms with van der Waals surface area (Å²) in [6.45, 7) is 17.5. The topological polar surface area (TPSA) is 98.7 Å². The van der Waals surface area contributed by atoms with Crippen LogP contribution in [0.25, 0.3) is 0 Å². The van der Waals surface area contributed by atoms with E-state index in [4.69, 9.17) is 0 Å². The number of carbonyl (C=O) groups excluding carboxylic acids is 2. The number of rotatable bonds is 13. The van der Waals surface area contributed by atoms with Crippen molar-refractivity contribution in [1.29, 1.82) is 0 Å². The maximum Gasteiger partial charge on any atom is 0.331 e. The van der Waals surface area contributed by atoms with Gasteiger partial charge in [-0.25, -0.2) is 4.79 Å². The molecule has 0 saturated carbocycles. The number of hydrogen-bond acceptors (Lipinski definition) is 4. The van der Waals surface area contributed by atoms with Crippen molar-refractivity contribution in [3.05, 3.63) is 11.6 Å². The molecule has 0 aliphatic rings. The lowest BCUT2D eigenvalue weighted by Gasteiger charge is -2.39. The summed E-state index contributed by atoms with van der Waals surface area (Å²) in [5.41, 5.74) is -0.611. The molecule has 0 aliphatic carbocycles. The summed E-state index contributed by atoms with van der Waals surface area (Å²) in [4.78, 5) is 39.9. The fourth-order valence-corrected chi connectivity index (χ4v) is 4.16. The minimum Gasteiger partial charge on any atom is -0.478 e. The molecule has 7 heteroatoms. The first-order valence-electron chi connectivity index (χ1n) is 12.2. The highest BCUT2D eigenvalue weighted by Crippen LogP contribution is 2.29. The molecule has 2 amide bonds. The summed E-state index contributed by atoms with van der Waals surface area (Å²) in [6.07, 6.45) is 5.80. The molecule has 0 radical (unpaired) electrons. The van der Waals surface area contributed by atoms with Crippen LogP contribution in [0.15, 0.2) is 11.6 Å². The Balaban J connectivity index is 5.88. The second kappa shape index (κ2) is 13.1. The second-order valence-electron chi connectivity index (χ2n) is 11.3. The third-order valence-electron chi connectivity index (χ3n) is 6.39. The number of carbonyl (C=O) groups is 3. The summed E-state index contributed by atoms with van der Waals surface area (Å²) >= 11 is 0. The van der Waals surface area contributed by atoms with Crippen LogP contribution in [-0.4, -0.2) is 60.0 Å². The number of hydrogen-bond donors (Lipinski definition) is 3. The van der Waals surface area contributed by atoms with Crippen molar-refractivity contribution in [2.45, 2.75) is 106 Å². The third-order valence-corrected chi connectivity index (χ3v) is 6.39. The number of amides is 2. The molecular formula is C26H49N3O4. The van der Waals surface area contributed by atoms with Crippen molar-refractivity contribution in [2.24, 2.45) is 16.7 Å². The molecule has 7 nitrogen and oxygen atoms in total. The Hall–Kier alpha value is -1.89. The first-order chi connectivity index (χ1) is 15.0. The average molecular weight is 468 g/mol. The van der Waals surface area contributed by atoms with Gasteiger partial charge in [0, 0.05) is 12.6 Å². The first kappa shape index (κ1) is 31.1. The molecule has 0 saturated heterocycles. The van der Waals surface area contributed by atoms with Crippen molar-refractivity contribution in [3.63, 3.8) is 0 Å². The number of likely N-dealkylation sites (N-methyl/N-ethyl adjacent to an activating group) is 2. The molecule has 0 aliphatic heterocycles. The molecule has 0 bridgehead atoms. The predicted octanol–water partition coefficient (Wildman–Crippen LogP) is 4.23. The van der Waals surface area contributed by atoms with Gasteiger partial charge in [-0.2, -0.15) is 0 Å². The summed E-state index contributed by atoms with van der Waals surface area (Å²) in [6, 6.07) is -1.59. The van der Waals surface area contributed by atoms with E-state index in [1.54, 1.807) is 25.1 Å². The summed E-state index contributed by atoms with van der Waals surface area (Å²) in [5.74, 6) is -1.43. The van der Waals surface area contributed by atoms with Gasteiger partial charge in [-0.3, -0.25) is 9.59 Å². The number of carboxylic acid groups (broad SMARTS) is 1. The molecule has 0 aromatic carbocycles. The average Bonchev–Trinajstić information content (AvgIpc) is 2.68. The van der Waals surface area contributed by atoms with Gasteiger partial charge in [0.15, 0.2) is 0 Å². The highest BCUT2D eigenvalue weighted by atomic mass is 16.4. The minimum absolute atomic E-state index is 0.00660. The quantitative estimate of drug-likeness (QED) is 0.278. The standard InChI is InChI=1S/C26H49N3O4/c1-12-13-14-15-26(8,9)20(27-10)22(30)28-21(25(5,6)7)23(31)29(11)19(17(2)3)16-18(4)24(32)33/h16-17,19-21,27H,12-15H2,1-11H3,(H,28,30)(H,32,33)/t19-,20-,21-/m1/s1. The van der Waals surface area contributed by atoms with Crippen LogP contribution >= 0.6 is 0 Å². The van der Waals surface area contributed by atoms with Crippen molar-refractivity contribution >= 4 is 17.8 Å². The van der Waals surface area contributed by atoms with Crippen LogP contribution in [-0.2, 0) is 14.4 Å². The van der Waals surface area contributed by atoms with Crippen molar-refractivity contribution in [3.8, 4) is 0 Å². The molecular weight excluding hydrogens is 418 g/mol. The minimum atomic E-state index is -1.01. The van der Waals surface area contributed by atoms with Crippen LogP contribution in [0.2, 0.25) is 0 Å². The summed E-state index contributed by atoms with van der Waals surface area (Å²) in [7, 11) is 3.45. The summed E-state index contributed by atoms with van der Waals surface area (Å²) in [5, 5.41) is 15.5. The van der Waals surface area contributed by atoms with Gasteiger partial charge in [0.2, 0.25) is 11.8 Å². The molecule has 33 heavy (non-hydrogen) atoms. The second-order valence-corrected chi connectivity index (χ2v) is 11.3. The zero-order chi connectivity index (χ0) is 26.1. The van der Waals surface area contributed by atoms with E-state index >= 15 is 0 Å². The van der Waals surface area contributed by atoms with E-state index in [2.05, 4.69) is 31.4 Å². The zero-order valence-corrected chi connectivity index (χ0v) is 22.8. The largest absolute Gasteiger partial charge is 0.478 e. The number of nitrogens with one attached hydrogen (secondary N) is 2. The molecule has 3 atom stereocenters. The van der Waals surface area contributed by atoms with Gasteiger partial charge in [0.25, 0.3) is 0 Å². The first-order valence-corrected chi connectivity index (χ1v) is 12.2. The zero-order valence-electron chi connectivity index (χ0n) is 22.8. The van der Waals surface area contributed by atoms with Crippen LogP contribution in [0.3, 0.4) is 0 Å². The number of unbranched alkanes of at least 4 members (excludes halogenated alkanes) is 2. The van der Waals surface area contributed by atoms with E-state index in [1.807, 2.05) is 34.6 Å². The maximum absolute atomic E-state index is 13.6. The van der Waals surface area contributed by atoms with Gasteiger partial charge in [-0.1, -0.05) is 80.7 Å². The van der Waals surface area contributed by atoms with Crippen molar-refractivity contribution in [1.82, 2.24) is 15.5 Å². The third kappa shape index (κ3) is 9.48. The van der Waals surface area contributed by atoms with E-state index in [0.717, 1.165) is 25.7 Å². The highest BCUT2D eigenvalue weighted by Gasteiger charge is 2.40. The fraction of sp³-hybridized carbons (Fsp3) is 0.808. The smallest absolute Gasteiger partial charge is 0.331 e. The predicted molar refractivity (Wildman–Crippen MR) is 135 cm³/mol. The van der Waals surface area contributed by atoms with Gasteiger partial charge >= 0.3 is 5.97 Å². The normalized spacial score (nSPS) is 15.7. The highest BCUT2D eigenvalue weighted by molar-refractivity contribution is 5.91. The lowest BCUT2D eigenvalue weighted by Crippen LogP contribution is -2.61. The molecule has 0 fully saturated rings. The lowest BCUT2D eigenvalue weighted by molar-refractivity contribution is -0.141. The Morgan fingerprint density at radius 1 is 1.03 bits per heavy atom. The summed E-state index contributed by atoms with van der Waals surface area (Å²) < 4.78 is 0. The maximum atomic E-state index is 13.6. The molecule has 0 rings (SSSR count). The Morgan fingerprint density at radius 2 is 1.58 bits per heavy atom. The molecule has 0 aromatic rings. The Bertz CT molecular complexity index is 692. The molecule has 0 unspecified atom stereocenters. The van der Waals surface area contributed by atoms with Crippen LogP contribution in [0.4, 0.5) is 0 Å². The van der Waals surface area contributed by atoms with Crippen LogP contribution < -0.4 is 10.6 Å². The molecule has 0 aromatic heterocycles. The number of nitrogens with zero attached hydrogens (tertiary/aromatic N) is 1. The lowest BCUT2D eigenvalue weighted by atomic mass is 9.78. The monoisotopic (exact) mass is 467 g/mol. The Morgan fingerprint density at radius 3 is 1.97 bits per heavy atom. The van der Waals surface area contributed by atoms with Crippen LogP contribution in [0.5, 0.6) is 0 Å². The van der Waals surface area contributed by atoms with E-state index in [-0.39, 0.29) is 28.7 Å². The number of aliphatic carboxylic acids is 1.